The topological polar surface area (TPSA) is 88.3 Å². The van der Waals surface area contributed by atoms with Gasteiger partial charge in [0.2, 0.25) is 10.0 Å². The third-order valence-electron chi connectivity index (χ3n) is 3.49. The second-order valence-electron chi connectivity index (χ2n) is 4.67. The van der Waals surface area contributed by atoms with Crippen molar-refractivity contribution < 1.29 is 8.42 Å². The van der Waals surface area contributed by atoms with E-state index in [9.17, 15) is 8.42 Å². The molecule has 3 N–H and O–H groups in total. The van der Waals surface area contributed by atoms with E-state index in [1.807, 2.05) is 0 Å². The third kappa shape index (κ3) is 1.97. The first kappa shape index (κ1) is 12.2. The fourth-order valence-corrected chi connectivity index (χ4v) is 3.65. The molecule has 0 aromatic carbocycles. The summed E-state index contributed by atoms with van der Waals surface area (Å²) in [5.41, 5.74) is 0.762. The van der Waals surface area contributed by atoms with E-state index in [2.05, 4.69) is 15.2 Å². The number of hydrogen-bond donors (Lipinski definition) is 2. The SMILES string of the molecule is NS(=O)(=O)c1cc(N2C[C@H]3C[C@@H]2CN3)cnc1Cl. The van der Waals surface area contributed by atoms with Crippen molar-refractivity contribution in [3.63, 3.8) is 0 Å². The van der Waals surface area contributed by atoms with Crippen molar-refractivity contribution in [2.24, 2.45) is 5.14 Å². The number of aromatic nitrogens is 1. The summed E-state index contributed by atoms with van der Waals surface area (Å²) >= 11 is 5.77. The Morgan fingerprint density at radius 1 is 1.56 bits per heavy atom. The normalized spacial score (nSPS) is 26.9. The van der Waals surface area contributed by atoms with Crippen LogP contribution in [0.5, 0.6) is 0 Å². The Bertz CT molecular complexity index is 592. The highest BCUT2D eigenvalue weighted by molar-refractivity contribution is 7.89. The monoisotopic (exact) mass is 288 g/mol. The average Bonchev–Trinajstić information content (AvgIpc) is 2.89. The molecule has 2 saturated heterocycles. The lowest BCUT2D eigenvalue weighted by molar-refractivity contribution is 0.578. The van der Waals surface area contributed by atoms with Gasteiger partial charge in [0.15, 0.2) is 0 Å². The molecule has 98 valence electrons. The fourth-order valence-electron chi connectivity index (χ4n) is 2.65. The number of nitrogens with zero attached hydrogens (tertiary/aromatic N) is 2. The van der Waals surface area contributed by atoms with Crippen molar-refractivity contribution in [1.29, 1.82) is 0 Å². The van der Waals surface area contributed by atoms with Crippen molar-refractivity contribution in [2.75, 3.05) is 18.0 Å². The highest BCUT2D eigenvalue weighted by Gasteiger charge is 2.38. The van der Waals surface area contributed by atoms with Crippen LogP contribution in [0, 0.1) is 0 Å². The van der Waals surface area contributed by atoms with Gasteiger partial charge in [-0.25, -0.2) is 18.5 Å². The second kappa shape index (κ2) is 4.06. The highest BCUT2D eigenvalue weighted by Crippen LogP contribution is 2.31. The predicted octanol–water partition coefficient (Wildman–Crippen LogP) is -0.0671. The third-order valence-corrected chi connectivity index (χ3v) is 4.82. The molecule has 6 nitrogen and oxygen atoms in total. The van der Waals surface area contributed by atoms with Crippen LogP contribution in [0.15, 0.2) is 17.2 Å². The van der Waals surface area contributed by atoms with E-state index in [0.29, 0.717) is 12.1 Å². The lowest BCUT2D eigenvalue weighted by Crippen LogP contribution is -2.43. The van der Waals surface area contributed by atoms with E-state index in [4.69, 9.17) is 16.7 Å². The smallest absolute Gasteiger partial charge is 0.241 e. The van der Waals surface area contributed by atoms with Gasteiger partial charge < -0.3 is 10.2 Å². The van der Waals surface area contributed by atoms with Crippen LogP contribution in [0.25, 0.3) is 0 Å². The van der Waals surface area contributed by atoms with Gasteiger partial charge in [0.25, 0.3) is 0 Å². The van der Waals surface area contributed by atoms with Crippen LogP contribution < -0.4 is 15.4 Å². The molecule has 0 spiro atoms. The van der Waals surface area contributed by atoms with Gasteiger partial charge in [-0.2, -0.15) is 0 Å². The number of nitrogens with one attached hydrogen (secondary N) is 1. The number of rotatable bonds is 2. The molecule has 2 fully saturated rings. The average molecular weight is 289 g/mol. The summed E-state index contributed by atoms with van der Waals surface area (Å²) in [5, 5.41) is 8.42. The summed E-state index contributed by atoms with van der Waals surface area (Å²) in [5.74, 6) is 0. The largest absolute Gasteiger partial charge is 0.364 e. The van der Waals surface area contributed by atoms with Gasteiger partial charge in [-0.15, -0.1) is 0 Å². The number of hydrogen-bond acceptors (Lipinski definition) is 5. The Balaban J connectivity index is 1.99. The number of pyridine rings is 1. The van der Waals surface area contributed by atoms with Gasteiger partial charge >= 0.3 is 0 Å². The van der Waals surface area contributed by atoms with Crippen LogP contribution >= 0.6 is 11.6 Å². The van der Waals surface area contributed by atoms with Crippen LogP contribution in [0.4, 0.5) is 5.69 Å². The molecule has 2 bridgehead atoms. The summed E-state index contributed by atoms with van der Waals surface area (Å²) in [4.78, 5) is 5.96. The summed E-state index contributed by atoms with van der Waals surface area (Å²) < 4.78 is 22.8. The minimum absolute atomic E-state index is 0.0799. The van der Waals surface area contributed by atoms with E-state index < -0.39 is 10.0 Å². The zero-order chi connectivity index (χ0) is 12.9. The molecule has 2 atom stereocenters. The number of halogens is 1. The van der Waals surface area contributed by atoms with Crippen molar-refractivity contribution in [1.82, 2.24) is 10.3 Å². The molecule has 0 unspecified atom stereocenters. The molecule has 1 aromatic heterocycles. The molecule has 3 heterocycles. The Labute approximate surface area is 110 Å². The zero-order valence-electron chi connectivity index (χ0n) is 9.51. The van der Waals surface area contributed by atoms with Crippen molar-refractivity contribution in [3.05, 3.63) is 17.4 Å². The predicted molar refractivity (Wildman–Crippen MR) is 68.2 cm³/mol. The Kier molecular flexibility index (Phi) is 2.74. The number of primary sulfonamides is 1. The zero-order valence-corrected chi connectivity index (χ0v) is 11.1. The minimum Gasteiger partial charge on any atom is -0.364 e. The van der Waals surface area contributed by atoms with E-state index in [1.165, 1.54) is 6.07 Å². The molecular formula is C10H13ClN4O2S. The molecule has 3 rings (SSSR count). The van der Waals surface area contributed by atoms with Gasteiger partial charge in [-0.1, -0.05) is 11.6 Å². The van der Waals surface area contributed by atoms with Gasteiger partial charge in [0, 0.05) is 25.2 Å². The summed E-state index contributed by atoms with van der Waals surface area (Å²) in [7, 11) is -3.84. The molecule has 0 radical (unpaired) electrons. The minimum atomic E-state index is -3.84. The number of fused-ring (bicyclic) bond motifs is 2. The van der Waals surface area contributed by atoms with Crippen LogP contribution in [0.1, 0.15) is 6.42 Å². The molecule has 1 aromatic rings. The Morgan fingerprint density at radius 3 is 2.89 bits per heavy atom. The maximum absolute atomic E-state index is 11.4. The quantitative estimate of drug-likeness (QED) is 0.744. The Morgan fingerprint density at radius 2 is 2.33 bits per heavy atom. The van der Waals surface area contributed by atoms with Crippen molar-refractivity contribution in [3.8, 4) is 0 Å². The molecule has 8 heteroatoms. The van der Waals surface area contributed by atoms with Gasteiger partial charge in [0.1, 0.15) is 10.0 Å². The number of nitrogens with two attached hydrogens (primary N) is 1. The molecule has 0 saturated carbocycles. The second-order valence-corrected chi connectivity index (χ2v) is 6.56. The van der Waals surface area contributed by atoms with Crippen LogP contribution in [-0.2, 0) is 10.0 Å². The van der Waals surface area contributed by atoms with E-state index in [1.54, 1.807) is 6.20 Å². The van der Waals surface area contributed by atoms with Gasteiger partial charge in [-0.3, -0.25) is 0 Å². The molecule has 2 aliphatic heterocycles. The van der Waals surface area contributed by atoms with Crippen LogP contribution in [0.2, 0.25) is 5.15 Å². The van der Waals surface area contributed by atoms with E-state index >= 15 is 0 Å². The molecule has 2 aliphatic rings. The van der Waals surface area contributed by atoms with E-state index in [-0.39, 0.29) is 10.0 Å². The van der Waals surface area contributed by atoms with Crippen molar-refractivity contribution >= 4 is 27.3 Å². The maximum atomic E-state index is 11.4. The molecule has 0 aliphatic carbocycles. The standard InChI is InChI=1S/C10H13ClN4O2S/c11-10-9(18(12,16)17)2-8(4-14-10)15-5-6-1-7(15)3-13-6/h2,4,6-7,13H,1,3,5H2,(H2,12,16,17)/t6-,7-/m1/s1. The highest BCUT2D eigenvalue weighted by atomic mass is 35.5. The summed E-state index contributed by atoms with van der Waals surface area (Å²) in [6, 6.07) is 2.38. The maximum Gasteiger partial charge on any atom is 0.241 e. The Hall–Kier alpha value is -0.890. The van der Waals surface area contributed by atoms with Crippen molar-refractivity contribution in [2.45, 2.75) is 23.4 Å². The lowest BCUT2D eigenvalue weighted by atomic mass is 10.2. The van der Waals surface area contributed by atoms with Gasteiger partial charge in [-0.05, 0) is 12.5 Å². The number of piperazine rings is 1. The summed E-state index contributed by atoms with van der Waals surface area (Å²) in [6.07, 6.45) is 2.67. The lowest BCUT2D eigenvalue weighted by Gasteiger charge is -2.29. The van der Waals surface area contributed by atoms with Crippen LogP contribution in [-0.4, -0.2) is 38.6 Å². The van der Waals surface area contributed by atoms with Gasteiger partial charge in [0.05, 0.1) is 11.9 Å². The molecule has 0 amide bonds. The molecule has 18 heavy (non-hydrogen) atoms. The first-order valence-electron chi connectivity index (χ1n) is 5.63. The fraction of sp³-hybridized carbons (Fsp3) is 0.500. The first-order valence-corrected chi connectivity index (χ1v) is 7.56. The summed E-state index contributed by atoms with van der Waals surface area (Å²) in [6.45, 7) is 1.77. The first-order chi connectivity index (χ1) is 8.45. The van der Waals surface area contributed by atoms with Crippen LogP contribution in [0.3, 0.4) is 0 Å². The molecular weight excluding hydrogens is 276 g/mol. The number of anilines is 1. The van der Waals surface area contributed by atoms with E-state index in [0.717, 1.165) is 25.2 Å². The number of sulfonamides is 1.